The molecule has 6 heteroatoms. The molecular formula is C10H9BrFN3O. The normalized spacial score (nSPS) is 12.8. The molecule has 4 nitrogen and oxygen atoms in total. The summed E-state index contributed by atoms with van der Waals surface area (Å²) in [6.07, 6.45) is 0.319. The number of hydrogen-bond donors (Lipinski definition) is 1. The van der Waals surface area contributed by atoms with E-state index in [2.05, 4.69) is 26.2 Å². The third-order valence-electron chi connectivity index (χ3n) is 2.30. The van der Waals surface area contributed by atoms with Crippen LogP contribution >= 0.6 is 15.9 Å². The van der Waals surface area contributed by atoms with E-state index in [4.69, 9.17) is 0 Å². The number of hydrogen-bond acceptors (Lipinski definition) is 3. The number of rotatable bonds is 2. The Kier molecular flexibility index (Phi) is 3.02. The average Bonchev–Trinajstić information content (AvgIpc) is 2.64. The zero-order valence-corrected chi connectivity index (χ0v) is 10.0. The molecule has 1 aromatic heterocycles. The molecule has 0 aliphatic carbocycles. The summed E-state index contributed by atoms with van der Waals surface area (Å²) in [5.41, 5.74) is 0.624. The van der Waals surface area contributed by atoms with Crippen LogP contribution in [0.2, 0.25) is 0 Å². The topological polar surface area (TPSA) is 50.9 Å². The Morgan fingerprint density at radius 3 is 2.81 bits per heavy atom. The molecule has 0 aliphatic heterocycles. The highest BCUT2D eigenvalue weighted by Crippen LogP contribution is 2.29. The smallest absolute Gasteiger partial charge is 0.130 e. The van der Waals surface area contributed by atoms with E-state index in [-0.39, 0.29) is 5.56 Å². The highest BCUT2D eigenvalue weighted by Gasteiger charge is 2.20. The zero-order chi connectivity index (χ0) is 11.7. The Bertz CT molecular complexity index is 494. The molecular weight excluding hydrogens is 277 g/mol. The minimum atomic E-state index is -1.09. The second-order valence-electron chi connectivity index (χ2n) is 3.32. The third-order valence-corrected chi connectivity index (χ3v) is 2.99. The Morgan fingerprint density at radius 1 is 1.50 bits per heavy atom. The van der Waals surface area contributed by atoms with Crippen LogP contribution in [0.25, 0.3) is 0 Å². The molecule has 1 aromatic carbocycles. The van der Waals surface area contributed by atoms with E-state index >= 15 is 0 Å². The van der Waals surface area contributed by atoms with Crippen LogP contribution < -0.4 is 0 Å². The first-order valence-corrected chi connectivity index (χ1v) is 5.37. The van der Waals surface area contributed by atoms with Crippen molar-refractivity contribution in [1.82, 2.24) is 15.0 Å². The van der Waals surface area contributed by atoms with Crippen LogP contribution in [-0.2, 0) is 7.05 Å². The molecule has 0 amide bonds. The summed E-state index contributed by atoms with van der Waals surface area (Å²) < 4.78 is 15.5. The predicted molar refractivity (Wildman–Crippen MR) is 59.2 cm³/mol. The molecule has 16 heavy (non-hydrogen) atoms. The van der Waals surface area contributed by atoms with Crippen molar-refractivity contribution < 1.29 is 9.50 Å². The quantitative estimate of drug-likeness (QED) is 0.915. The highest BCUT2D eigenvalue weighted by atomic mass is 79.9. The molecule has 2 aromatic rings. The first-order valence-electron chi connectivity index (χ1n) is 4.58. The van der Waals surface area contributed by atoms with Crippen molar-refractivity contribution in [2.24, 2.45) is 7.05 Å². The van der Waals surface area contributed by atoms with Gasteiger partial charge in [0, 0.05) is 17.1 Å². The van der Waals surface area contributed by atoms with Crippen molar-refractivity contribution in [3.63, 3.8) is 0 Å². The van der Waals surface area contributed by atoms with Crippen molar-refractivity contribution in [2.45, 2.75) is 6.10 Å². The summed E-state index contributed by atoms with van der Waals surface area (Å²) in [6.45, 7) is 0. The molecule has 1 unspecified atom stereocenters. The summed E-state index contributed by atoms with van der Waals surface area (Å²) in [6, 6.07) is 4.54. The zero-order valence-electron chi connectivity index (χ0n) is 8.43. The molecule has 0 saturated heterocycles. The number of aryl methyl sites for hydroxylation is 1. The van der Waals surface area contributed by atoms with Gasteiger partial charge in [0.2, 0.25) is 0 Å². The van der Waals surface area contributed by atoms with E-state index in [1.165, 1.54) is 16.9 Å². The van der Waals surface area contributed by atoms with Crippen LogP contribution in [0.5, 0.6) is 0 Å². The van der Waals surface area contributed by atoms with E-state index in [1.54, 1.807) is 19.2 Å². The van der Waals surface area contributed by atoms with Crippen molar-refractivity contribution in [1.29, 1.82) is 0 Å². The molecule has 0 aliphatic rings. The standard InChI is InChI=1S/C10H9BrFN3O/c1-15-8(5-13-14-15)10(16)9-6(11)3-2-4-7(9)12/h2-5,10,16H,1H3. The average molecular weight is 286 g/mol. The summed E-state index contributed by atoms with van der Waals surface area (Å²) in [5.74, 6) is -0.469. The predicted octanol–water partition coefficient (Wildman–Crippen LogP) is 1.80. The number of halogens is 2. The lowest BCUT2D eigenvalue weighted by Gasteiger charge is -2.13. The van der Waals surface area contributed by atoms with Crippen LogP contribution in [-0.4, -0.2) is 20.1 Å². The van der Waals surface area contributed by atoms with Gasteiger partial charge in [-0.05, 0) is 12.1 Å². The summed E-state index contributed by atoms with van der Waals surface area (Å²) >= 11 is 3.21. The molecule has 0 spiro atoms. The number of aromatic nitrogens is 3. The summed E-state index contributed by atoms with van der Waals surface area (Å²) in [4.78, 5) is 0. The second kappa shape index (κ2) is 4.31. The third kappa shape index (κ3) is 1.85. The Balaban J connectivity index is 2.49. The SMILES string of the molecule is Cn1nncc1C(O)c1c(F)cccc1Br. The van der Waals surface area contributed by atoms with Crippen molar-refractivity contribution in [2.75, 3.05) is 0 Å². The first kappa shape index (κ1) is 11.2. The molecule has 1 N–H and O–H groups in total. The maximum atomic E-state index is 13.6. The Labute approximate surface area is 99.8 Å². The lowest BCUT2D eigenvalue weighted by molar-refractivity contribution is 0.204. The Hall–Kier alpha value is -1.27. The van der Waals surface area contributed by atoms with E-state index < -0.39 is 11.9 Å². The van der Waals surface area contributed by atoms with Gasteiger partial charge >= 0.3 is 0 Å². The van der Waals surface area contributed by atoms with E-state index in [9.17, 15) is 9.50 Å². The monoisotopic (exact) mass is 285 g/mol. The number of aliphatic hydroxyl groups excluding tert-OH is 1. The fourth-order valence-corrected chi connectivity index (χ4v) is 2.02. The molecule has 0 bridgehead atoms. The molecule has 0 fully saturated rings. The summed E-state index contributed by atoms with van der Waals surface area (Å²) in [5, 5.41) is 17.4. The maximum Gasteiger partial charge on any atom is 0.130 e. The van der Waals surface area contributed by atoms with Crippen molar-refractivity contribution in [3.05, 3.63) is 45.9 Å². The number of nitrogens with zero attached hydrogens (tertiary/aromatic N) is 3. The Morgan fingerprint density at radius 2 is 2.25 bits per heavy atom. The molecule has 2 rings (SSSR count). The van der Waals surface area contributed by atoms with Gasteiger partial charge in [0.25, 0.3) is 0 Å². The van der Waals surface area contributed by atoms with Crippen LogP contribution in [0.1, 0.15) is 17.4 Å². The second-order valence-corrected chi connectivity index (χ2v) is 4.17. The van der Waals surface area contributed by atoms with Gasteiger partial charge in [-0.2, -0.15) is 0 Å². The fourth-order valence-electron chi connectivity index (χ4n) is 1.47. The molecule has 1 heterocycles. The first-order chi connectivity index (χ1) is 7.61. The summed E-state index contributed by atoms with van der Waals surface area (Å²) in [7, 11) is 1.64. The van der Waals surface area contributed by atoms with Gasteiger partial charge in [-0.25, -0.2) is 9.07 Å². The largest absolute Gasteiger partial charge is 0.382 e. The van der Waals surface area contributed by atoms with Gasteiger partial charge in [-0.15, -0.1) is 5.10 Å². The lowest BCUT2D eigenvalue weighted by atomic mass is 10.1. The van der Waals surface area contributed by atoms with Gasteiger partial charge in [-0.3, -0.25) is 0 Å². The molecule has 1 atom stereocenters. The maximum absolute atomic E-state index is 13.6. The van der Waals surface area contributed by atoms with Crippen LogP contribution in [0.3, 0.4) is 0 Å². The van der Waals surface area contributed by atoms with Gasteiger partial charge in [0.1, 0.15) is 11.9 Å². The van der Waals surface area contributed by atoms with Crippen molar-refractivity contribution in [3.8, 4) is 0 Å². The molecule has 84 valence electrons. The van der Waals surface area contributed by atoms with Gasteiger partial charge in [0.05, 0.1) is 11.9 Å². The number of aliphatic hydroxyl groups is 1. The fraction of sp³-hybridized carbons (Fsp3) is 0.200. The molecule has 0 saturated carbocycles. The van der Waals surface area contributed by atoms with Gasteiger partial charge in [-0.1, -0.05) is 27.2 Å². The minimum Gasteiger partial charge on any atom is -0.382 e. The van der Waals surface area contributed by atoms with Crippen LogP contribution in [0, 0.1) is 5.82 Å². The van der Waals surface area contributed by atoms with Gasteiger partial charge in [0.15, 0.2) is 0 Å². The van der Waals surface area contributed by atoms with E-state index in [0.717, 1.165) is 0 Å². The van der Waals surface area contributed by atoms with E-state index in [0.29, 0.717) is 10.2 Å². The minimum absolute atomic E-state index is 0.188. The lowest BCUT2D eigenvalue weighted by Crippen LogP contribution is -2.09. The van der Waals surface area contributed by atoms with Crippen LogP contribution in [0.4, 0.5) is 4.39 Å². The molecule has 0 radical (unpaired) electrons. The number of benzene rings is 1. The van der Waals surface area contributed by atoms with Crippen LogP contribution in [0.15, 0.2) is 28.9 Å². The van der Waals surface area contributed by atoms with E-state index in [1.807, 2.05) is 0 Å². The van der Waals surface area contributed by atoms with Crippen molar-refractivity contribution >= 4 is 15.9 Å². The highest BCUT2D eigenvalue weighted by molar-refractivity contribution is 9.10. The van der Waals surface area contributed by atoms with Gasteiger partial charge < -0.3 is 5.11 Å².